The number of urea groups is 1. The van der Waals surface area contributed by atoms with E-state index in [2.05, 4.69) is 10.6 Å². The number of nitrogens with one attached hydrogen (secondary N) is 2. The van der Waals surface area contributed by atoms with Crippen molar-refractivity contribution in [3.05, 3.63) is 45.1 Å². The van der Waals surface area contributed by atoms with Crippen LogP contribution in [0.2, 0.25) is 0 Å². The first-order chi connectivity index (χ1) is 11.4. The van der Waals surface area contributed by atoms with Crippen LogP contribution in [0.3, 0.4) is 0 Å². The third kappa shape index (κ3) is 3.29. The predicted molar refractivity (Wildman–Crippen MR) is 83.4 cm³/mol. The van der Waals surface area contributed by atoms with E-state index in [-0.39, 0.29) is 17.9 Å². The van der Waals surface area contributed by atoms with Gasteiger partial charge in [-0.3, -0.25) is 10.1 Å². The lowest BCUT2D eigenvalue weighted by Crippen LogP contribution is -2.45. The highest BCUT2D eigenvalue weighted by molar-refractivity contribution is 5.95. The Kier molecular flexibility index (Phi) is 5.02. The molecule has 2 amide bonds. The molecule has 1 aliphatic heterocycles. The van der Waals surface area contributed by atoms with Gasteiger partial charge in [0.1, 0.15) is 5.75 Å². The molecule has 1 aliphatic rings. The molecular formula is C15H17N3O6. The Hall–Kier alpha value is -3.10. The van der Waals surface area contributed by atoms with Crippen molar-refractivity contribution in [2.45, 2.75) is 19.9 Å². The van der Waals surface area contributed by atoms with Gasteiger partial charge in [-0.1, -0.05) is 0 Å². The van der Waals surface area contributed by atoms with Crippen molar-refractivity contribution >= 4 is 17.7 Å². The molecule has 2 rings (SSSR count). The molecule has 0 radical (unpaired) electrons. The quantitative estimate of drug-likeness (QED) is 0.481. The Morgan fingerprint density at radius 3 is 2.71 bits per heavy atom. The monoisotopic (exact) mass is 335 g/mol. The van der Waals surface area contributed by atoms with Gasteiger partial charge in [-0.05, 0) is 19.9 Å². The fourth-order valence-corrected chi connectivity index (χ4v) is 2.47. The van der Waals surface area contributed by atoms with Gasteiger partial charge in [-0.25, -0.2) is 9.59 Å². The first-order valence-corrected chi connectivity index (χ1v) is 7.16. The first kappa shape index (κ1) is 17.3. The molecule has 0 unspecified atom stereocenters. The number of hydrogen-bond acceptors (Lipinski definition) is 6. The second-order valence-electron chi connectivity index (χ2n) is 4.97. The highest BCUT2D eigenvalue weighted by Gasteiger charge is 2.34. The number of allylic oxidation sites excluding steroid dienone is 1. The summed E-state index contributed by atoms with van der Waals surface area (Å²) < 4.78 is 10.2. The summed E-state index contributed by atoms with van der Waals surface area (Å²) in [5.41, 5.74) is 0.592. The maximum Gasteiger partial charge on any atom is 0.338 e. The normalized spacial score (nSPS) is 17.0. The van der Waals surface area contributed by atoms with Crippen molar-refractivity contribution in [3.8, 4) is 5.75 Å². The number of nitrogens with zero attached hydrogens (tertiary/aromatic N) is 1. The maximum atomic E-state index is 12.3. The van der Waals surface area contributed by atoms with Crippen molar-refractivity contribution in [1.82, 2.24) is 10.6 Å². The summed E-state index contributed by atoms with van der Waals surface area (Å²) in [6, 6.07) is 2.51. The third-order valence-corrected chi connectivity index (χ3v) is 3.50. The number of non-ortho nitro benzene ring substituents is 1. The molecule has 0 spiro atoms. The Bertz CT molecular complexity index is 728. The maximum absolute atomic E-state index is 12.3. The van der Waals surface area contributed by atoms with Crippen molar-refractivity contribution in [3.63, 3.8) is 0 Å². The summed E-state index contributed by atoms with van der Waals surface area (Å²) in [5.74, 6) is -0.316. The number of esters is 1. The molecule has 9 nitrogen and oxygen atoms in total. The van der Waals surface area contributed by atoms with Crippen molar-refractivity contribution < 1.29 is 24.0 Å². The molecule has 0 aliphatic carbocycles. The largest absolute Gasteiger partial charge is 0.496 e. The van der Waals surface area contributed by atoms with Crippen molar-refractivity contribution in [2.24, 2.45) is 0 Å². The van der Waals surface area contributed by atoms with Gasteiger partial charge in [-0.15, -0.1) is 0 Å². The third-order valence-electron chi connectivity index (χ3n) is 3.50. The Morgan fingerprint density at radius 2 is 2.12 bits per heavy atom. The molecule has 0 saturated carbocycles. The van der Waals surface area contributed by atoms with Crippen LogP contribution in [0.5, 0.6) is 5.75 Å². The van der Waals surface area contributed by atoms with E-state index in [9.17, 15) is 19.7 Å². The van der Waals surface area contributed by atoms with Gasteiger partial charge < -0.3 is 20.1 Å². The molecule has 2 N–H and O–H groups in total. The number of rotatable bonds is 5. The van der Waals surface area contributed by atoms with Crippen LogP contribution in [0.4, 0.5) is 10.5 Å². The van der Waals surface area contributed by atoms with Gasteiger partial charge in [0, 0.05) is 23.4 Å². The number of methoxy groups -OCH3 is 1. The smallest absolute Gasteiger partial charge is 0.338 e. The molecular weight excluding hydrogens is 318 g/mol. The van der Waals surface area contributed by atoms with Gasteiger partial charge in [0.15, 0.2) is 0 Å². The summed E-state index contributed by atoms with van der Waals surface area (Å²) in [6.07, 6.45) is 0. The van der Waals surface area contributed by atoms with Gasteiger partial charge in [0.25, 0.3) is 5.69 Å². The second-order valence-corrected chi connectivity index (χ2v) is 4.97. The van der Waals surface area contributed by atoms with Crippen molar-refractivity contribution in [1.29, 1.82) is 0 Å². The van der Waals surface area contributed by atoms with Gasteiger partial charge >= 0.3 is 12.0 Å². The fraction of sp³-hybridized carbons (Fsp3) is 0.333. The minimum Gasteiger partial charge on any atom is -0.496 e. The zero-order valence-electron chi connectivity index (χ0n) is 13.4. The van der Waals surface area contributed by atoms with E-state index in [4.69, 9.17) is 9.47 Å². The van der Waals surface area contributed by atoms with E-state index in [1.54, 1.807) is 13.8 Å². The van der Waals surface area contributed by atoms with Gasteiger partial charge in [-0.2, -0.15) is 0 Å². The molecule has 1 heterocycles. The number of amides is 2. The Labute approximate surface area is 137 Å². The molecule has 1 aromatic rings. The average molecular weight is 335 g/mol. The van der Waals surface area contributed by atoms with E-state index >= 15 is 0 Å². The minimum absolute atomic E-state index is 0.155. The number of benzene rings is 1. The van der Waals surface area contributed by atoms with Crippen LogP contribution in [0.15, 0.2) is 29.5 Å². The number of nitro groups is 1. The summed E-state index contributed by atoms with van der Waals surface area (Å²) in [4.78, 5) is 34.6. The van der Waals surface area contributed by atoms with Crippen LogP contribution in [-0.2, 0) is 9.53 Å². The minimum atomic E-state index is -0.923. The topological polar surface area (TPSA) is 120 Å². The number of nitro benzene ring substituents is 1. The standard InChI is InChI=1S/C15H17N3O6/c1-4-24-14(19)12-8(2)16-15(20)17-13(12)10-7-9(18(21)22)5-6-11(10)23-3/h5-7,13H,4H2,1-3H3,(H2,16,17,20)/t13-/m1/s1. The van der Waals surface area contributed by atoms with Crippen LogP contribution in [0, 0.1) is 10.1 Å². The highest BCUT2D eigenvalue weighted by Crippen LogP contribution is 2.35. The lowest BCUT2D eigenvalue weighted by Gasteiger charge is -2.28. The van der Waals surface area contributed by atoms with Crippen LogP contribution < -0.4 is 15.4 Å². The molecule has 0 bridgehead atoms. The number of ether oxygens (including phenoxy) is 2. The van der Waals surface area contributed by atoms with Crippen LogP contribution in [0.1, 0.15) is 25.5 Å². The van der Waals surface area contributed by atoms with Crippen molar-refractivity contribution in [2.75, 3.05) is 13.7 Å². The van der Waals surface area contributed by atoms with Crippen LogP contribution in [-0.4, -0.2) is 30.6 Å². The predicted octanol–water partition coefficient (Wildman–Crippen LogP) is 1.79. The molecule has 9 heteroatoms. The number of carbonyl (C=O) groups is 2. The zero-order valence-corrected chi connectivity index (χ0v) is 13.4. The molecule has 1 aromatic carbocycles. The Balaban J connectivity index is 2.60. The van der Waals surface area contributed by atoms with E-state index in [0.29, 0.717) is 17.0 Å². The number of hydrogen-bond donors (Lipinski definition) is 2. The van der Waals surface area contributed by atoms with E-state index in [1.165, 1.54) is 25.3 Å². The van der Waals surface area contributed by atoms with E-state index in [1.807, 2.05) is 0 Å². The lowest BCUT2D eigenvalue weighted by molar-refractivity contribution is -0.385. The average Bonchev–Trinajstić information content (AvgIpc) is 2.53. The van der Waals surface area contributed by atoms with E-state index in [0.717, 1.165) is 0 Å². The van der Waals surface area contributed by atoms with Crippen LogP contribution in [0.25, 0.3) is 0 Å². The molecule has 0 aromatic heterocycles. The molecule has 1 atom stereocenters. The van der Waals surface area contributed by atoms with Gasteiger partial charge in [0.05, 0.1) is 30.3 Å². The van der Waals surface area contributed by atoms with E-state index < -0.39 is 23.0 Å². The molecule has 0 fully saturated rings. The lowest BCUT2D eigenvalue weighted by atomic mass is 9.94. The SMILES string of the molecule is CCOC(=O)C1=C(C)NC(=O)N[C@@H]1c1cc([N+](=O)[O-])ccc1OC. The van der Waals surface area contributed by atoms with Gasteiger partial charge in [0.2, 0.25) is 0 Å². The summed E-state index contributed by atoms with van der Waals surface area (Å²) in [7, 11) is 1.40. The second kappa shape index (κ2) is 6.99. The zero-order chi connectivity index (χ0) is 17.9. The summed E-state index contributed by atoms with van der Waals surface area (Å²) in [6.45, 7) is 3.37. The Morgan fingerprint density at radius 1 is 1.42 bits per heavy atom. The van der Waals surface area contributed by atoms with Crippen LogP contribution >= 0.6 is 0 Å². The molecule has 128 valence electrons. The molecule has 24 heavy (non-hydrogen) atoms. The molecule has 0 saturated heterocycles. The fourth-order valence-electron chi connectivity index (χ4n) is 2.47. The number of carbonyl (C=O) groups excluding carboxylic acids is 2. The summed E-state index contributed by atoms with van der Waals surface area (Å²) in [5, 5.41) is 16.1. The summed E-state index contributed by atoms with van der Waals surface area (Å²) >= 11 is 0. The first-order valence-electron chi connectivity index (χ1n) is 7.16. The highest BCUT2D eigenvalue weighted by atomic mass is 16.6.